The van der Waals surface area contributed by atoms with Crippen LogP contribution in [-0.4, -0.2) is 53.6 Å². The van der Waals surface area contributed by atoms with Gasteiger partial charge in [-0.1, -0.05) is 0 Å². The fourth-order valence-corrected chi connectivity index (χ4v) is 1.82. The standard InChI is InChI=1S/C11H19N3O4/c1-7(8(15)14(2)3)12-10(18)13-11(9(16)17)5-4-6-11/h7H,4-6H2,1-3H3,(H,16,17)(H2,12,13,18). The number of hydrogen-bond donors (Lipinski definition) is 3. The summed E-state index contributed by atoms with van der Waals surface area (Å²) in [6.45, 7) is 1.55. The quantitative estimate of drug-likeness (QED) is 0.647. The number of carbonyl (C=O) groups is 3. The van der Waals surface area contributed by atoms with Gasteiger partial charge in [-0.3, -0.25) is 4.79 Å². The first kappa shape index (κ1) is 14.3. The van der Waals surface area contributed by atoms with Crippen molar-refractivity contribution in [2.24, 2.45) is 0 Å². The maximum atomic E-state index is 11.6. The SMILES string of the molecule is CC(NC(=O)NC1(C(=O)O)CCC1)C(=O)N(C)C. The minimum absolute atomic E-state index is 0.247. The van der Waals surface area contributed by atoms with E-state index in [9.17, 15) is 14.4 Å². The molecule has 0 aromatic carbocycles. The number of hydrogen-bond acceptors (Lipinski definition) is 3. The summed E-state index contributed by atoms with van der Waals surface area (Å²) in [5.41, 5.74) is -1.16. The van der Waals surface area contributed by atoms with Crippen LogP contribution in [0, 0.1) is 0 Å². The molecule has 1 saturated carbocycles. The molecule has 0 aromatic rings. The summed E-state index contributed by atoms with van der Waals surface area (Å²) in [4.78, 5) is 35.6. The van der Waals surface area contributed by atoms with E-state index in [1.54, 1.807) is 21.0 Å². The van der Waals surface area contributed by atoms with Gasteiger partial charge in [0.25, 0.3) is 0 Å². The first-order valence-corrected chi connectivity index (χ1v) is 5.82. The van der Waals surface area contributed by atoms with Crippen LogP contribution >= 0.6 is 0 Å². The van der Waals surface area contributed by atoms with Crippen LogP contribution in [0.15, 0.2) is 0 Å². The molecular weight excluding hydrogens is 238 g/mol. The van der Waals surface area contributed by atoms with Crippen molar-refractivity contribution in [2.75, 3.05) is 14.1 Å². The van der Waals surface area contributed by atoms with Crippen LogP contribution in [0.5, 0.6) is 0 Å². The highest BCUT2D eigenvalue weighted by Crippen LogP contribution is 2.31. The van der Waals surface area contributed by atoms with Crippen molar-refractivity contribution in [2.45, 2.75) is 37.8 Å². The fourth-order valence-electron chi connectivity index (χ4n) is 1.82. The molecule has 1 rings (SSSR count). The van der Waals surface area contributed by atoms with Gasteiger partial charge in [0, 0.05) is 14.1 Å². The van der Waals surface area contributed by atoms with E-state index in [1.165, 1.54) is 4.90 Å². The highest BCUT2D eigenvalue weighted by atomic mass is 16.4. The molecule has 3 amide bonds. The maximum absolute atomic E-state index is 11.6. The van der Waals surface area contributed by atoms with Gasteiger partial charge in [-0.2, -0.15) is 0 Å². The van der Waals surface area contributed by atoms with Crippen molar-refractivity contribution in [3.63, 3.8) is 0 Å². The molecule has 0 heterocycles. The number of carbonyl (C=O) groups excluding carboxylic acids is 2. The predicted molar refractivity (Wildman–Crippen MR) is 64.0 cm³/mol. The lowest BCUT2D eigenvalue weighted by molar-refractivity contribution is -0.148. The van der Waals surface area contributed by atoms with E-state index in [0.29, 0.717) is 12.8 Å². The third kappa shape index (κ3) is 2.91. The van der Waals surface area contributed by atoms with Crippen LogP contribution in [-0.2, 0) is 9.59 Å². The van der Waals surface area contributed by atoms with Crippen LogP contribution in [0.4, 0.5) is 4.79 Å². The Bertz CT molecular complexity index is 363. The molecule has 1 unspecified atom stereocenters. The van der Waals surface area contributed by atoms with Gasteiger partial charge >= 0.3 is 12.0 Å². The summed E-state index contributed by atoms with van der Waals surface area (Å²) in [5.74, 6) is -1.28. The number of carboxylic acids is 1. The van der Waals surface area contributed by atoms with Gasteiger partial charge in [0.15, 0.2) is 0 Å². The Morgan fingerprint density at radius 3 is 2.17 bits per heavy atom. The summed E-state index contributed by atoms with van der Waals surface area (Å²) in [6.07, 6.45) is 1.62. The Labute approximate surface area is 106 Å². The van der Waals surface area contributed by atoms with E-state index < -0.39 is 23.6 Å². The summed E-state index contributed by atoms with van der Waals surface area (Å²) in [7, 11) is 3.17. The lowest BCUT2D eigenvalue weighted by atomic mass is 9.77. The predicted octanol–water partition coefficient (Wildman–Crippen LogP) is -0.230. The summed E-state index contributed by atoms with van der Waals surface area (Å²) >= 11 is 0. The highest BCUT2D eigenvalue weighted by molar-refractivity contribution is 5.90. The van der Waals surface area contributed by atoms with Crippen LogP contribution in [0.3, 0.4) is 0 Å². The van der Waals surface area contributed by atoms with Crippen molar-refractivity contribution in [1.29, 1.82) is 0 Å². The molecule has 102 valence electrons. The van der Waals surface area contributed by atoms with Crippen LogP contribution in [0.25, 0.3) is 0 Å². The molecule has 0 bridgehead atoms. The number of nitrogens with one attached hydrogen (secondary N) is 2. The van der Waals surface area contributed by atoms with Crippen molar-refractivity contribution in [1.82, 2.24) is 15.5 Å². The first-order valence-electron chi connectivity index (χ1n) is 5.82. The Morgan fingerprint density at radius 1 is 1.28 bits per heavy atom. The molecule has 18 heavy (non-hydrogen) atoms. The average molecular weight is 257 g/mol. The molecule has 0 aromatic heterocycles. The molecule has 0 radical (unpaired) electrons. The summed E-state index contributed by atoms with van der Waals surface area (Å²) in [6, 6.07) is -1.31. The lowest BCUT2D eigenvalue weighted by Gasteiger charge is -2.38. The number of urea groups is 1. The van der Waals surface area contributed by atoms with Gasteiger partial charge in [0.05, 0.1) is 0 Å². The molecule has 0 saturated heterocycles. The molecule has 3 N–H and O–H groups in total. The van der Waals surface area contributed by atoms with Crippen LogP contribution in [0.2, 0.25) is 0 Å². The van der Waals surface area contributed by atoms with Crippen molar-refractivity contribution >= 4 is 17.9 Å². The molecule has 7 heteroatoms. The number of likely N-dealkylation sites (N-methyl/N-ethyl adjacent to an activating group) is 1. The van der Waals surface area contributed by atoms with E-state index in [2.05, 4.69) is 10.6 Å². The monoisotopic (exact) mass is 257 g/mol. The van der Waals surface area contributed by atoms with Crippen molar-refractivity contribution < 1.29 is 19.5 Å². The minimum atomic E-state index is -1.16. The second-order valence-corrected chi connectivity index (χ2v) is 4.79. The fraction of sp³-hybridized carbons (Fsp3) is 0.727. The molecule has 0 spiro atoms. The third-order valence-electron chi connectivity index (χ3n) is 3.13. The Kier molecular flexibility index (Phi) is 4.15. The van der Waals surface area contributed by atoms with E-state index in [4.69, 9.17) is 5.11 Å². The van der Waals surface area contributed by atoms with E-state index in [1.807, 2.05) is 0 Å². The Balaban J connectivity index is 2.51. The number of carboxylic acid groups (broad SMARTS) is 1. The number of aliphatic carboxylic acids is 1. The Morgan fingerprint density at radius 2 is 1.83 bits per heavy atom. The van der Waals surface area contributed by atoms with Gasteiger partial charge < -0.3 is 20.6 Å². The maximum Gasteiger partial charge on any atom is 0.329 e. The number of amides is 3. The first-order chi connectivity index (χ1) is 8.28. The van der Waals surface area contributed by atoms with Gasteiger partial charge in [0.2, 0.25) is 5.91 Å². The van der Waals surface area contributed by atoms with Gasteiger partial charge in [-0.25, -0.2) is 9.59 Å². The summed E-state index contributed by atoms with van der Waals surface area (Å²) < 4.78 is 0. The second kappa shape index (κ2) is 5.24. The average Bonchev–Trinajstić information content (AvgIpc) is 2.21. The molecule has 1 atom stereocenters. The molecule has 0 aliphatic heterocycles. The lowest BCUT2D eigenvalue weighted by Crippen LogP contribution is -2.62. The Hall–Kier alpha value is -1.79. The molecule has 1 aliphatic carbocycles. The van der Waals surface area contributed by atoms with Gasteiger partial charge in [-0.15, -0.1) is 0 Å². The van der Waals surface area contributed by atoms with Crippen LogP contribution in [0.1, 0.15) is 26.2 Å². The molecule has 7 nitrogen and oxygen atoms in total. The zero-order chi connectivity index (χ0) is 13.9. The zero-order valence-corrected chi connectivity index (χ0v) is 10.8. The molecule has 1 aliphatic rings. The zero-order valence-electron chi connectivity index (χ0n) is 10.8. The van der Waals surface area contributed by atoms with Crippen LogP contribution < -0.4 is 10.6 Å². The van der Waals surface area contributed by atoms with E-state index in [0.717, 1.165) is 6.42 Å². The highest BCUT2D eigenvalue weighted by Gasteiger charge is 2.45. The molecule has 1 fully saturated rings. The van der Waals surface area contributed by atoms with E-state index >= 15 is 0 Å². The number of rotatable bonds is 4. The smallest absolute Gasteiger partial charge is 0.329 e. The second-order valence-electron chi connectivity index (χ2n) is 4.79. The third-order valence-corrected chi connectivity index (χ3v) is 3.13. The van der Waals surface area contributed by atoms with Gasteiger partial charge in [-0.05, 0) is 26.2 Å². The van der Waals surface area contributed by atoms with Crippen molar-refractivity contribution in [3.05, 3.63) is 0 Å². The normalized spacial score (nSPS) is 18.2. The largest absolute Gasteiger partial charge is 0.480 e. The van der Waals surface area contributed by atoms with E-state index in [-0.39, 0.29) is 5.91 Å². The minimum Gasteiger partial charge on any atom is -0.480 e. The van der Waals surface area contributed by atoms with Gasteiger partial charge in [0.1, 0.15) is 11.6 Å². The number of nitrogens with zero attached hydrogens (tertiary/aromatic N) is 1. The van der Waals surface area contributed by atoms with Crippen molar-refractivity contribution in [3.8, 4) is 0 Å². The topological polar surface area (TPSA) is 98.7 Å². The molecular formula is C11H19N3O4. The summed E-state index contributed by atoms with van der Waals surface area (Å²) in [5, 5.41) is 13.9.